The van der Waals surface area contributed by atoms with E-state index in [-0.39, 0.29) is 0 Å². The highest BCUT2D eigenvalue weighted by atomic mass is 16.5. The Kier molecular flexibility index (Phi) is 5.99. The van der Waals surface area contributed by atoms with Gasteiger partial charge in [-0.15, -0.1) is 0 Å². The van der Waals surface area contributed by atoms with Gasteiger partial charge in [-0.05, 0) is 32.2 Å². The van der Waals surface area contributed by atoms with Gasteiger partial charge in [-0.25, -0.2) is 0 Å². The zero-order chi connectivity index (χ0) is 12.0. The lowest BCUT2D eigenvalue weighted by atomic mass is 10.1. The van der Waals surface area contributed by atoms with Crippen molar-refractivity contribution in [2.24, 2.45) is 5.92 Å². The predicted octanol–water partition coefficient (Wildman–Crippen LogP) is 2.10. The lowest BCUT2D eigenvalue weighted by Crippen LogP contribution is -2.34. The maximum Gasteiger partial charge on any atom is 0.131 e. The summed E-state index contributed by atoms with van der Waals surface area (Å²) >= 11 is 0. The van der Waals surface area contributed by atoms with Gasteiger partial charge in [0, 0.05) is 25.6 Å². The molecule has 0 aromatic heterocycles. The molecular formula is C13H25NO2. The molecule has 1 saturated heterocycles. The van der Waals surface area contributed by atoms with E-state index in [1.165, 1.54) is 12.8 Å². The quantitative estimate of drug-likeness (QED) is 0.624. The molecule has 16 heavy (non-hydrogen) atoms. The van der Waals surface area contributed by atoms with Crippen LogP contribution in [0.25, 0.3) is 0 Å². The van der Waals surface area contributed by atoms with Crippen LogP contribution >= 0.6 is 0 Å². The number of ketones is 1. The van der Waals surface area contributed by atoms with E-state index >= 15 is 0 Å². The van der Waals surface area contributed by atoms with Crippen LogP contribution in [0.15, 0.2) is 0 Å². The van der Waals surface area contributed by atoms with Crippen molar-refractivity contribution in [3.63, 3.8) is 0 Å². The van der Waals surface area contributed by atoms with Crippen molar-refractivity contribution in [1.29, 1.82) is 0 Å². The first-order valence-corrected chi connectivity index (χ1v) is 6.41. The molecule has 1 fully saturated rings. The van der Waals surface area contributed by atoms with Gasteiger partial charge in [-0.2, -0.15) is 0 Å². The van der Waals surface area contributed by atoms with Crippen LogP contribution in [-0.2, 0) is 9.53 Å². The summed E-state index contributed by atoms with van der Waals surface area (Å²) in [5.41, 5.74) is 0. The summed E-state index contributed by atoms with van der Waals surface area (Å²) in [6.07, 6.45) is 3.11. The highest BCUT2D eigenvalue weighted by Crippen LogP contribution is 2.19. The topological polar surface area (TPSA) is 29.5 Å². The summed E-state index contributed by atoms with van der Waals surface area (Å²) in [6.45, 7) is 9.75. The number of nitrogens with zero attached hydrogens (tertiary/aromatic N) is 1. The molecule has 0 aliphatic carbocycles. The molecule has 94 valence electrons. The molecule has 1 rings (SSSR count). The summed E-state index contributed by atoms with van der Waals surface area (Å²) in [4.78, 5) is 13.5. The Labute approximate surface area is 99.1 Å². The predicted molar refractivity (Wildman–Crippen MR) is 65.6 cm³/mol. The van der Waals surface area contributed by atoms with Crippen LogP contribution in [0.1, 0.15) is 40.0 Å². The molecule has 0 aromatic carbocycles. The van der Waals surface area contributed by atoms with Gasteiger partial charge in [-0.3, -0.25) is 9.69 Å². The molecule has 0 spiro atoms. The van der Waals surface area contributed by atoms with Gasteiger partial charge in [0.05, 0.1) is 6.61 Å². The lowest BCUT2D eigenvalue weighted by Gasteiger charge is -2.23. The maximum absolute atomic E-state index is 11.1. The fourth-order valence-corrected chi connectivity index (χ4v) is 2.25. The second-order valence-electron chi connectivity index (χ2n) is 5.21. The summed E-state index contributed by atoms with van der Waals surface area (Å²) in [5, 5.41) is 0. The molecule has 0 N–H and O–H groups in total. The number of Topliss-reactive ketones (excluding diaryl/α,β-unsaturated/α-hetero) is 1. The van der Waals surface area contributed by atoms with E-state index in [0.29, 0.717) is 24.2 Å². The average molecular weight is 227 g/mol. The Morgan fingerprint density at radius 2 is 2.25 bits per heavy atom. The molecule has 1 unspecified atom stereocenters. The molecule has 3 nitrogen and oxygen atoms in total. The Hall–Kier alpha value is -0.410. The van der Waals surface area contributed by atoms with Gasteiger partial charge in [0.15, 0.2) is 0 Å². The molecule has 3 heteroatoms. The largest absolute Gasteiger partial charge is 0.380 e. The van der Waals surface area contributed by atoms with Gasteiger partial charge in [-0.1, -0.05) is 13.8 Å². The van der Waals surface area contributed by atoms with E-state index in [9.17, 15) is 4.79 Å². The van der Waals surface area contributed by atoms with Crippen LogP contribution in [0.5, 0.6) is 0 Å². The number of likely N-dealkylation sites (tertiary alicyclic amines) is 1. The number of hydrogen-bond acceptors (Lipinski definition) is 3. The summed E-state index contributed by atoms with van der Waals surface area (Å²) in [7, 11) is 0. The van der Waals surface area contributed by atoms with Gasteiger partial charge in [0.25, 0.3) is 0 Å². The van der Waals surface area contributed by atoms with Crippen LogP contribution in [-0.4, -0.2) is 43.0 Å². The van der Waals surface area contributed by atoms with E-state index in [1.54, 1.807) is 6.92 Å². The Balaban J connectivity index is 2.17. The highest BCUT2D eigenvalue weighted by Gasteiger charge is 2.24. The highest BCUT2D eigenvalue weighted by molar-refractivity contribution is 5.76. The summed E-state index contributed by atoms with van der Waals surface area (Å²) in [5.74, 6) is 0.909. The molecule has 1 aliphatic heterocycles. The second-order valence-corrected chi connectivity index (χ2v) is 5.21. The first-order chi connectivity index (χ1) is 7.59. The number of carbonyl (C=O) groups is 1. The van der Waals surface area contributed by atoms with Crippen molar-refractivity contribution < 1.29 is 9.53 Å². The fourth-order valence-electron chi connectivity index (χ4n) is 2.25. The molecular weight excluding hydrogens is 202 g/mol. The van der Waals surface area contributed by atoms with Crippen LogP contribution in [0, 0.1) is 5.92 Å². The Morgan fingerprint density at radius 1 is 1.50 bits per heavy atom. The summed E-state index contributed by atoms with van der Waals surface area (Å²) in [6, 6.07) is 0.472. The fraction of sp³-hybridized carbons (Fsp3) is 0.923. The van der Waals surface area contributed by atoms with Crippen LogP contribution in [0.4, 0.5) is 0 Å². The Morgan fingerprint density at radius 3 is 2.88 bits per heavy atom. The Bertz CT molecular complexity index is 216. The second kappa shape index (κ2) is 7.02. The maximum atomic E-state index is 11.1. The van der Waals surface area contributed by atoms with Crippen molar-refractivity contribution in [1.82, 2.24) is 4.90 Å². The molecule has 1 atom stereocenters. The third-order valence-corrected chi connectivity index (χ3v) is 3.00. The third-order valence-electron chi connectivity index (χ3n) is 3.00. The van der Waals surface area contributed by atoms with Crippen molar-refractivity contribution in [2.75, 3.05) is 26.3 Å². The monoisotopic (exact) mass is 227 g/mol. The van der Waals surface area contributed by atoms with Gasteiger partial charge >= 0.3 is 0 Å². The standard InChI is InChI=1S/C13H25NO2/c1-11(2)10-16-8-7-14-6-4-5-13(14)9-12(3)15/h11,13H,4-10H2,1-3H3. The first-order valence-electron chi connectivity index (χ1n) is 6.41. The van der Waals surface area contributed by atoms with Crippen LogP contribution < -0.4 is 0 Å². The number of carbonyl (C=O) groups excluding carboxylic acids is 1. The van der Waals surface area contributed by atoms with Gasteiger partial charge in [0.2, 0.25) is 0 Å². The minimum atomic E-state index is 0.306. The molecule has 0 aromatic rings. The van der Waals surface area contributed by atoms with Gasteiger partial charge in [0.1, 0.15) is 5.78 Å². The van der Waals surface area contributed by atoms with E-state index in [1.807, 2.05) is 0 Å². The minimum Gasteiger partial charge on any atom is -0.380 e. The van der Waals surface area contributed by atoms with E-state index in [4.69, 9.17) is 4.74 Å². The summed E-state index contributed by atoms with van der Waals surface area (Å²) < 4.78 is 5.58. The zero-order valence-corrected chi connectivity index (χ0v) is 10.9. The molecule has 0 amide bonds. The SMILES string of the molecule is CC(=O)CC1CCCN1CCOCC(C)C. The minimum absolute atomic E-state index is 0.306. The van der Waals surface area contributed by atoms with E-state index in [2.05, 4.69) is 18.7 Å². The van der Waals surface area contributed by atoms with E-state index in [0.717, 1.165) is 26.3 Å². The lowest BCUT2D eigenvalue weighted by molar-refractivity contribution is -0.118. The smallest absolute Gasteiger partial charge is 0.131 e. The molecule has 0 radical (unpaired) electrons. The number of ether oxygens (including phenoxy) is 1. The van der Waals surface area contributed by atoms with E-state index < -0.39 is 0 Å². The number of hydrogen-bond donors (Lipinski definition) is 0. The molecule has 0 saturated carbocycles. The molecule has 1 heterocycles. The normalized spacial score (nSPS) is 21.9. The van der Waals surface area contributed by atoms with Crippen molar-refractivity contribution in [2.45, 2.75) is 46.1 Å². The van der Waals surface area contributed by atoms with Crippen molar-refractivity contribution in [3.8, 4) is 0 Å². The first kappa shape index (κ1) is 13.7. The van der Waals surface area contributed by atoms with Crippen molar-refractivity contribution in [3.05, 3.63) is 0 Å². The number of rotatable bonds is 7. The zero-order valence-electron chi connectivity index (χ0n) is 10.9. The van der Waals surface area contributed by atoms with Crippen LogP contribution in [0.3, 0.4) is 0 Å². The average Bonchev–Trinajstić information content (AvgIpc) is 2.59. The molecule has 1 aliphatic rings. The molecule has 0 bridgehead atoms. The van der Waals surface area contributed by atoms with Crippen LogP contribution in [0.2, 0.25) is 0 Å². The third kappa shape index (κ3) is 5.08. The van der Waals surface area contributed by atoms with Crippen molar-refractivity contribution >= 4 is 5.78 Å². The van der Waals surface area contributed by atoms with Gasteiger partial charge < -0.3 is 4.74 Å².